The third-order valence-corrected chi connectivity index (χ3v) is 2.44. The van der Waals surface area contributed by atoms with Gasteiger partial charge in [-0.3, -0.25) is 0 Å². The van der Waals surface area contributed by atoms with E-state index >= 15 is 0 Å². The molecular weight excluding hydrogens is 230 g/mol. The Hall–Kier alpha value is -2.70. The summed E-state index contributed by atoms with van der Waals surface area (Å²) in [5.74, 6) is 1.11. The summed E-state index contributed by atoms with van der Waals surface area (Å²) in [6.45, 7) is 2.02. The number of nitrogens with two attached hydrogens (primary N) is 1. The number of nitrogen functional groups attached to an aromatic ring is 1. The van der Waals surface area contributed by atoms with Crippen molar-refractivity contribution in [1.82, 2.24) is 24.6 Å². The van der Waals surface area contributed by atoms with E-state index in [4.69, 9.17) is 5.73 Å². The number of aryl methyl sites for hydroxylation is 1. The first kappa shape index (κ1) is 10.5. The fourth-order valence-corrected chi connectivity index (χ4v) is 1.64. The molecule has 0 aliphatic rings. The van der Waals surface area contributed by atoms with Crippen LogP contribution in [-0.2, 0) is 0 Å². The number of aromatic nitrogens is 5. The van der Waals surface area contributed by atoms with Crippen LogP contribution in [-0.4, -0.2) is 24.6 Å². The lowest BCUT2D eigenvalue weighted by atomic mass is 10.2. The topological polar surface area (TPSA) is 94.0 Å². The molecule has 3 rings (SSSR count). The van der Waals surface area contributed by atoms with Gasteiger partial charge in [-0.1, -0.05) is 12.1 Å². The predicted octanol–water partition coefficient (Wildman–Crippen LogP) is 1.15. The van der Waals surface area contributed by atoms with Crippen molar-refractivity contribution in [2.75, 3.05) is 11.1 Å². The number of nitrogens with one attached hydrogen (secondary N) is 1. The van der Waals surface area contributed by atoms with Crippen molar-refractivity contribution in [2.45, 2.75) is 6.92 Å². The van der Waals surface area contributed by atoms with Gasteiger partial charge in [-0.05, 0) is 24.6 Å². The highest BCUT2D eigenvalue weighted by Gasteiger charge is 2.07. The molecule has 0 aliphatic carbocycles. The zero-order valence-corrected chi connectivity index (χ0v) is 9.70. The van der Waals surface area contributed by atoms with E-state index in [2.05, 4.69) is 25.4 Å². The van der Waals surface area contributed by atoms with E-state index in [9.17, 15) is 0 Å². The third kappa shape index (κ3) is 1.81. The van der Waals surface area contributed by atoms with Crippen molar-refractivity contribution in [1.29, 1.82) is 0 Å². The molecule has 0 unspecified atom stereocenters. The highest BCUT2D eigenvalue weighted by molar-refractivity contribution is 5.55. The second-order valence-corrected chi connectivity index (χ2v) is 3.87. The lowest BCUT2D eigenvalue weighted by molar-refractivity contribution is 0.911. The average Bonchev–Trinajstić information content (AvgIpc) is 2.73. The van der Waals surface area contributed by atoms with Crippen molar-refractivity contribution in [3.05, 3.63) is 36.2 Å². The Balaban J connectivity index is 1.98. The molecule has 0 bridgehead atoms. The van der Waals surface area contributed by atoms with E-state index in [-0.39, 0.29) is 5.95 Å². The Morgan fingerprint density at radius 2 is 2.17 bits per heavy atom. The van der Waals surface area contributed by atoms with Crippen LogP contribution in [0.15, 0.2) is 30.6 Å². The average molecular weight is 241 g/mol. The minimum absolute atomic E-state index is 0.254. The van der Waals surface area contributed by atoms with E-state index < -0.39 is 0 Å². The number of anilines is 3. The molecule has 90 valence electrons. The molecule has 0 radical (unpaired) electrons. The quantitative estimate of drug-likeness (QED) is 0.699. The molecule has 0 spiro atoms. The second-order valence-electron chi connectivity index (χ2n) is 3.87. The van der Waals surface area contributed by atoms with Crippen LogP contribution in [0.1, 0.15) is 5.56 Å². The number of nitrogens with zero attached hydrogens (tertiary/aromatic N) is 5. The first-order valence-electron chi connectivity index (χ1n) is 5.39. The summed E-state index contributed by atoms with van der Waals surface area (Å²) >= 11 is 0. The summed E-state index contributed by atoms with van der Waals surface area (Å²) in [4.78, 5) is 12.0. The van der Waals surface area contributed by atoms with Gasteiger partial charge in [0, 0.05) is 5.69 Å². The molecule has 3 aromatic rings. The molecule has 0 aliphatic heterocycles. The van der Waals surface area contributed by atoms with Gasteiger partial charge >= 0.3 is 0 Å². The van der Waals surface area contributed by atoms with E-state index in [0.717, 1.165) is 11.3 Å². The summed E-state index contributed by atoms with van der Waals surface area (Å²) in [5.41, 5.74) is 7.74. The summed E-state index contributed by atoms with van der Waals surface area (Å²) < 4.78 is 1.39. The van der Waals surface area contributed by atoms with Crippen LogP contribution in [0.5, 0.6) is 0 Å². The highest BCUT2D eigenvalue weighted by atomic mass is 15.4. The van der Waals surface area contributed by atoms with E-state index in [1.807, 2.05) is 31.2 Å². The number of benzene rings is 1. The van der Waals surface area contributed by atoms with Gasteiger partial charge in [0.05, 0.1) is 0 Å². The fourth-order valence-electron chi connectivity index (χ4n) is 1.64. The predicted molar refractivity (Wildman–Crippen MR) is 67.5 cm³/mol. The summed E-state index contributed by atoms with van der Waals surface area (Å²) in [7, 11) is 0. The van der Waals surface area contributed by atoms with Crippen LogP contribution in [0, 0.1) is 6.92 Å². The first-order chi connectivity index (χ1) is 8.72. The van der Waals surface area contributed by atoms with Gasteiger partial charge in [-0.25, -0.2) is 4.98 Å². The van der Waals surface area contributed by atoms with Crippen LogP contribution in [0.4, 0.5) is 17.6 Å². The van der Waals surface area contributed by atoms with Gasteiger partial charge in [0.25, 0.3) is 5.78 Å². The van der Waals surface area contributed by atoms with Crippen molar-refractivity contribution < 1.29 is 0 Å². The molecule has 0 saturated carbocycles. The van der Waals surface area contributed by atoms with Crippen LogP contribution < -0.4 is 11.1 Å². The molecule has 1 aromatic carbocycles. The maximum absolute atomic E-state index is 5.67. The standard InChI is InChI=1S/C11H11N7/c1-7-3-2-4-8(5-7)15-10-16-11-14-6-13-9(12)18(11)17-10/h2-6H,1H3,(H3,12,13,14,15,16,17). The molecule has 7 nitrogen and oxygen atoms in total. The van der Waals surface area contributed by atoms with E-state index in [0.29, 0.717) is 11.7 Å². The normalized spacial score (nSPS) is 10.7. The van der Waals surface area contributed by atoms with Crippen molar-refractivity contribution >= 4 is 23.4 Å². The smallest absolute Gasteiger partial charge is 0.258 e. The number of hydrogen-bond acceptors (Lipinski definition) is 6. The molecule has 3 N–H and O–H groups in total. The highest BCUT2D eigenvalue weighted by Crippen LogP contribution is 2.15. The summed E-state index contributed by atoms with van der Waals surface area (Å²) in [5, 5.41) is 7.28. The molecular formula is C11H11N7. The van der Waals surface area contributed by atoms with Gasteiger partial charge in [0.15, 0.2) is 0 Å². The maximum Gasteiger partial charge on any atom is 0.258 e. The van der Waals surface area contributed by atoms with Crippen LogP contribution in [0.25, 0.3) is 5.78 Å². The molecule has 0 amide bonds. The summed E-state index contributed by atoms with van der Waals surface area (Å²) in [6.07, 6.45) is 1.36. The molecule has 7 heteroatoms. The molecule has 0 atom stereocenters. The van der Waals surface area contributed by atoms with Crippen LogP contribution >= 0.6 is 0 Å². The lowest BCUT2D eigenvalue weighted by Gasteiger charge is -2.01. The Labute approximate surface area is 103 Å². The molecule has 0 fully saturated rings. The zero-order valence-electron chi connectivity index (χ0n) is 9.70. The van der Waals surface area contributed by atoms with Crippen molar-refractivity contribution in [2.24, 2.45) is 0 Å². The van der Waals surface area contributed by atoms with Gasteiger partial charge in [-0.15, -0.1) is 5.10 Å². The maximum atomic E-state index is 5.67. The molecule has 2 aromatic heterocycles. The van der Waals surface area contributed by atoms with Gasteiger partial charge in [0.2, 0.25) is 11.9 Å². The Kier molecular flexibility index (Phi) is 2.30. The largest absolute Gasteiger partial charge is 0.368 e. The Morgan fingerprint density at radius 1 is 1.28 bits per heavy atom. The monoisotopic (exact) mass is 241 g/mol. The molecule has 18 heavy (non-hydrogen) atoms. The van der Waals surface area contributed by atoms with Crippen molar-refractivity contribution in [3.63, 3.8) is 0 Å². The van der Waals surface area contributed by atoms with Gasteiger partial charge < -0.3 is 11.1 Å². The minimum atomic E-state index is 0.254. The van der Waals surface area contributed by atoms with Crippen LogP contribution in [0.2, 0.25) is 0 Å². The van der Waals surface area contributed by atoms with E-state index in [1.165, 1.54) is 10.8 Å². The number of rotatable bonds is 2. The zero-order chi connectivity index (χ0) is 12.5. The number of fused-ring (bicyclic) bond motifs is 1. The first-order valence-corrected chi connectivity index (χ1v) is 5.39. The lowest BCUT2D eigenvalue weighted by Crippen LogP contribution is -2.02. The number of hydrogen-bond donors (Lipinski definition) is 2. The Morgan fingerprint density at radius 3 is 2.94 bits per heavy atom. The third-order valence-electron chi connectivity index (χ3n) is 2.44. The SMILES string of the molecule is Cc1cccc(Nc2nc3ncnc(N)n3n2)c1. The van der Waals surface area contributed by atoms with Gasteiger partial charge in [-0.2, -0.15) is 14.5 Å². The van der Waals surface area contributed by atoms with E-state index in [1.54, 1.807) is 0 Å². The minimum Gasteiger partial charge on any atom is -0.368 e. The summed E-state index contributed by atoms with van der Waals surface area (Å²) in [6, 6.07) is 7.92. The van der Waals surface area contributed by atoms with Crippen molar-refractivity contribution in [3.8, 4) is 0 Å². The molecule has 2 heterocycles. The van der Waals surface area contributed by atoms with Gasteiger partial charge in [0.1, 0.15) is 6.33 Å². The molecule has 0 saturated heterocycles. The van der Waals surface area contributed by atoms with Crippen LogP contribution in [0.3, 0.4) is 0 Å². The Bertz CT molecular complexity index is 703. The second kappa shape index (κ2) is 3.95. The fraction of sp³-hybridized carbons (Fsp3) is 0.0909.